The topological polar surface area (TPSA) is 117 Å². The number of aryl methyl sites for hydroxylation is 1. The predicted molar refractivity (Wildman–Crippen MR) is 102 cm³/mol. The molecular weight excluding hydrogens is 362 g/mol. The van der Waals surface area contributed by atoms with Crippen molar-refractivity contribution in [2.45, 2.75) is 25.8 Å². The minimum atomic E-state index is -1.17. The molecule has 7 heteroatoms. The van der Waals surface area contributed by atoms with Gasteiger partial charge in [-0.05, 0) is 36.6 Å². The molecule has 0 radical (unpaired) electrons. The number of carbonyl (C=O) groups is 2. The quantitative estimate of drug-likeness (QED) is 0.565. The molecule has 7 nitrogen and oxygen atoms in total. The lowest BCUT2D eigenvalue weighted by Crippen LogP contribution is -2.34. The van der Waals surface area contributed by atoms with Gasteiger partial charge in [-0.3, -0.25) is 4.79 Å². The Morgan fingerprint density at radius 1 is 1.14 bits per heavy atom. The molecule has 0 saturated heterocycles. The largest absolute Gasteiger partial charge is 0.508 e. The van der Waals surface area contributed by atoms with Gasteiger partial charge < -0.3 is 19.9 Å². The molecule has 1 aromatic heterocycles. The number of carboxylic acid groups (broad SMARTS) is 1. The third kappa shape index (κ3) is 4.03. The van der Waals surface area contributed by atoms with Crippen LogP contribution in [-0.4, -0.2) is 22.1 Å². The molecule has 28 heavy (non-hydrogen) atoms. The van der Waals surface area contributed by atoms with E-state index in [1.54, 1.807) is 43.3 Å². The van der Waals surface area contributed by atoms with E-state index < -0.39 is 23.5 Å². The highest BCUT2D eigenvalue weighted by Crippen LogP contribution is 2.24. The van der Waals surface area contributed by atoms with Crippen LogP contribution in [0.4, 0.5) is 0 Å². The monoisotopic (exact) mass is 381 g/mol. The van der Waals surface area contributed by atoms with E-state index in [0.717, 1.165) is 0 Å². The SMILES string of the molecule is Cc1c(CCC(=O)NC(C(=O)O)c2ccccc2)c(=O)oc2cc(O)ccc12. The van der Waals surface area contributed by atoms with Gasteiger partial charge in [-0.15, -0.1) is 0 Å². The van der Waals surface area contributed by atoms with E-state index in [4.69, 9.17) is 4.42 Å². The van der Waals surface area contributed by atoms with Crippen LogP contribution in [0.3, 0.4) is 0 Å². The van der Waals surface area contributed by atoms with Gasteiger partial charge in [0.2, 0.25) is 5.91 Å². The number of phenolic OH excluding ortho intramolecular Hbond substituents is 1. The first-order valence-electron chi connectivity index (χ1n) is 8.69. The molecule has 0 fully saturated rings. The van der Waals surface area contributed by atoms with Gasteiger partial charge in [0.05, 0.1) is 0 Å². The van der Waals surface area contributed by atoms with Crippen molar-refractivity contribution >= 4 is 22.8 Å². The Morgan fingerprint density at radius 3 is 2.54 bits per heavy atom. The number of hydrogen-bond acceptors (Lipinski definition) is 5. The number of rotatable bonds is 6. The molecule has 1 heterocycles. The van der Waals surface area contributed by atoms with E-state index in [1.165, 1.54) is 12.1 Å². The first kappa shape index (κ1) is 19.2. The predicted octanol–water partition coefficient (Wildman–Crippen LogP) is 2.68. The fraction of sp³-hybridized carbons (Fsp3) is 0.190. The van der Waals surface area contributed by atoms with Crippen molar-refractivity contribution in [1.82, 2.24) is 5.32 Å². The van der Waals surface area contributed by atoms with E-state index in [0.29, 0.717) is 22.1 Å². The summed E-state index contributed by atoms with van der Waals surface area (Å²) in [5.41, 5.74) is 1.16. The Labute approximate surface area is 160 Å². The molecule has 3 aromatic rings. The van der Waals surface area contributed by atoms with Crippen LogP contribution in [0.5, 0.6) is 5.75 Å². The van der Waals surface area contributed by atoms with E-state index in [2.05, 4.69) is 5.32 Å². The van der Waals surface area contributed by atoms with Crippen LogP contribution in [0.2, 0.25) is 0 Å². The first-order chi connectivity index (χ1) is 13.4. The molecule has 1 amide bonds. The van der Waals surface area contributed by atoms with Crippen LogP contribution < -0.4 is 10.9 Å². The number of hydrogen-bond donors (Lipinski definition) is 3. The maximum atomic E-state index is 12.3. The zero-order valence-corrected chi connectivity index (χ0v) is 15.1. The number of nitrogens with one attached hydrogen (secondary N) is 1. The molecule has 3 N–H and O–H groups in total. The van der Waals surface area contributed by atoms with Gasteiger partial charge in [0.1, 0.15) is 11.3 Å². The minimum Gasteiger partial charge on any atom is -0.508 e. The van der Waals surface area contributed by atoms with Gasteiger partial charge in [0, 0.05) is 23.4 Å². The summed E-state index contributed by atoms with van der Waals surface area (Å²) in [6, 6.07) is 11.7. The van der Waals surface area contributed by atoms with Crippen molar-refractivity contribution in [2.24, 2.45) is 0 Å². The Hall–Kier alpha value is -3.61. The molecule has 1 unspecified atom stereocenters. The van der Waals surface area contributed by atoms with Crippen molar-refractivity contribution in [3.63, 3.8) is 0 Å². The number of phenols is 1. The second-order valence-electron chi connectivity index (χ2n) is 6.42. The summed E-state index contributed by atoms with van der Waals surface area (Å²) >= 11 is 0. The van der Waals surface area contributed by atoms with Crippen molar-refractivity contribution in [3.8, 4) is 5.75 Å². The zero-order chi connectivity index (χ0) is 20.3. The summed E-state index contributed by atoms with van der Waals surface area (Å²) in [6.07, 6.45) is 0.0454. The normalized spacial score (nSPS) is 11.9. The third-order valence-electron chi connectivity index (χ3n) is 4.56. The lowest BCUT2D eigenvalue weighted by molar-refractivity contribution is -0.142. The Bertz CT molecular complexity index is 1090. The lowest BCUT2D eigenvalue weighted by Gasteiger charge is -2.15. The number of fused-ring (bicyclic) bond motifs is 1. The van der Waals surface area contributed by atoms with Crippen molar-refractivity contribution in [3.05, 3.63) is 75.6 Å². The van der Waals surface area contributed by atoms with E-state index in [9.17, 15) is 24.6 Å². The Balaban J connectivity index is 1.76. The summed E-state index contributed by atoms with van der Waals surface area (Å²) in [4.78, 5) is 36.0. The van der Waals surface area contributed by atoms with E-state index in [1.807, 2.05) is 0 Å². The van der Waals surface area contributed by atoms with Crippen LogP contribution in [0.15, 0.2) is 57.7 Å². The highest BCUT2D eigenvalue weighted by molar-refractivity contribution is 5.85. The van der Waals surface area contributed by atoms with Crippen LogP contribution in [0, 0.1) is 6.92 Å². The maximum Gasteiger partial charge on any atom is 0.339 e. The van der Waals surface area contributed by atoms with Gasteiger partial charge >= 0.3 is 11.6 Å². The minimum absolute atomic E-state index is 0.0113. The second kappa shape index (κ2) is 7.96. The first-order valence-corrected chi connectivity index (χ1v) is 8.69. The molecule has 0 saturated carbocycles. The molecule has 0 aliphatic carbocycles. The van der Waals surface area contributed by atoms with E-state index in [-0.39, 0.29) is 24.2 Å². The second-order valence-corrected chi connectivity index (χ2v) is 6.42. The smallest absolute Gasteiger partial charge is 0.339 e. The third-order valence-corrected chi connectivity index (χ3v) is 4.56. The van der Waals surface area contributed by atoms with Crippen molar-refractivity contribution < 1.29 is 24.2 Å². The number of aliphatic carboxylic acids is 1. The van der Waals surface area contributed by atoms with Gasteiger partial charge in [0.25, 0.3) is 0 Å². The van der Waals surface area contributed by atoms with Gasteiger partial charge in [0.15, 0.2) is 6.04 Å². The Morgan fingerprint density at radius 2 is 1.86 bits per heavy atom. The standard InChI is InChI=1S/C21H19NO6/c1-12-15-8-7-14(23)11-17(15)28-21(27)16(12)9-10-18(24)22-19(20(25)26)13-5-3-2-4-6-13/h2-8,11,19,23H,9-10H2,1H3,(H,22,24)(H,25,26). The van der Waals surface area contributed by atoms with E-state index >= 15 is 0 Å². The van der Waals surface area contributed by atoms with Crippen LogP contribution in [-0.2, 0) is 16.0 Å². The molecule has 0 bridgehead atoms. The average Bonchev–Trinajstić information content (AvgIpc) is 2.66. The maximum absolute atomic E-state index is 12.3. The molecule has 144 valence electrons. The summed E-state index contributed by atoms with van der Waals surface area (Å²) in [5.74, 6) is -1.66. The fourth-order valence-corrected chi connectivity index (χ4v) is 3.08. The van der Waals surface area contributed by atoms with Gasteiger partial charge in [-0.2, -0.15) is 0 Å². The van der Waals surface area contributed by atoms with Crippen molar-refractivity contribution in [2.75, 3.05) is 0 Å². The Kier molecular flexibility index (Phi) is 5.44. The average molecular weight is 381 g/mol. The fourth-order valence-electron chi connectivity index (χ4n) is 3.08. The van der Waals surface area contributed by atoms with Crippen LogP contribution in [0.1, 0.15) is 29.2 Å². The van der Waals surface area contributed by atoms with Gasteiger partial charge in [-0.1, -0.05) is 30.3 Å². The number of carboxylic acids is 1. The highest BCUT2D eigenvalue weighted by Gasteiger charge is 2.22. The molecule has 0 spiro atoms. The highest BCUT2D eigenvalue weighted by atomic mass is 16.4. The summed E-state index contributed by atoms with van der Waals surface area (Å²) < 4.78 is 5.23. The number of benzene rings is 2. The molecule has 1 atom stereocenters. The van der Waals surface area contributed by atoms with Crippen LogP contribution in [0.25, 0.3) is 11.0 Å². The van der Waals surface area contributed by atoms with Crippen LogP contribution >= 0.6 is 0 Å². The summed E-state index contributed by atoms with van der Waals surface area (Å²) in [6.45, 7) is 1.74. The molecular formula is C21H19NO6. The number of amides is 1. The molecule has 0 aliphatic heterocycles. The zero-order valence-electron chi connectivity index (χ0n) is 15.1. The number of carbonyl (C=O) groups excluding carboxylic acids is 1. The molecule has 0 aliphatic rings. The number of aromatic hydroxyl groups is 1. The lowest BCUT2D eigenvalue weighted by atomic mass is 10.0. The molecule has 3 rings (SSSR count). The summed E-state index contributed by atoms with van der Waals surface area (Å²) in [7, 11) is 0. The van der Waals surface area contributed by atoms with Gasteiger partial charge in [-0.25, -0.2) is 9.59 Å². The summed E-state index contributed by atoms with van der Waals surface area (Å²) in [5, 5.41) is 22.1. The molecule has 2 aromatic carbocycles. The van der Waals surface area contributed by atoms with Crippen molar-refractivity contribution in [1.29, 1.82) is 0 Å².